The van der Waals surface area contributed by atoms with Gasteiger partial charge in [-0.2, -0.15) is 5.10 Å². The zero-order chi connectivity index (χ0) is 21.1. The second-order valence-corrected chi connectivity index (χ2v) is 8.30. The number of nitrogens with zero attached hydrogens (tertiary/aromatic N) is 2. The SMILES string of the molecule is C(=NN=C1c2ccccc2-c2ccccc21)c1ccc2ccc3cccc4ccc1c2c34. The van der Waals surface area contributed by atoms with Crippen molar-refractivity contribution in [3.8, 4) is 11.1 Å². The van der Waals surface area contributed by atoms with E-state index in [4.69, 9.17) is 5.10 Å². The smallest absolute Gasteiger partial charge is 0.101 e. The van der Waals surface area contributed by atoms with Gasteiger partial charge in [-0.3, -0.25) is 0 Å². The fourth-order valence-electron chi connectivity index (χ4n) is 5.12. The third kappa shape index (κ3) is 2.41. The van der Waals surface area contributed by atoms with E-state index in [1.165, 1.54) is 43.4 Å². The summed E-state index contributed by atoms with van der Waals surface area (Å²) in [6.45, 7) is 0. The van der Waals surface area contributed by atoms with Gasteiger partial charge < -0.3 is 0 Å². The van der Waals surface area contributed by atoms with Crippen molar-refractivity contribution in [3.63, 3.8) is 0 Å². The topological polar surface area (TPSA) is 24.7 Å². The van der Waals surface area contributed by atoms with Crippen LogP contribution in [0.25, 0.3) is 43.4 Å². The van der Waals surface area contributed by atoms with Crippen LogP contribution in [0.15, 0.2) is 113 Å². The van der Waals surface area contributed by atoms with Crippen molar-refractivity contribution < 1.29 is 0 Å². The number of hydrogen-bond donors (Lipinski definition) is 0. The van der Waals surface area contributed by atoms with Gasteiger partial charge in [0.2, 0.25) is 0 Å². The first-order valence-corrected chi connectivity index (χ1v) is 10.9. The summed E-state index contributed by atoms with van der Waals surface area (Å²) in [5, 5.41) is 16.9. The van der Waals surface area contributed by atoms with Crippen LogP contribution < -0.4 is 0 Å². The van der Waals surface area contributed by atoms with Gasteiger partial charge in [0.05, 0.1) is 6.21 Å². The van der Waals surface area contributed by atoms with E-state index in [2.05, 4.69) is 108 Å². The number of hydrogen-bond acceptors (Lipinski definition) is 2. The molecular formula is C30H18N2. The van der Waals surface area contributed by atoms with Crippen molar-refractivity contribution in [1.82, 2.24) is 0 Å². The fourth-order valence-corrected chi connectivity index (χ4v) is 5.12. The summed E-state index contributed by atoms with van der Waals surface area (Å²) in [5.41, 5.74) is 6.74. The second kappa shape index (κ2) is 6.60. The maximum Gasteiger partial charge on any atom is 0.101 e. The molecule has 0 spiro atoms. The Morgan fingerprint density at radius 1 is 0.469 bits per heavy atom. The highest BCUT2D eigenvalue weighted by atomic mass is 15.2. The molecule has 0 bridgehead atoms. The van der Waals surface area contributed by atoms with Crippen LogP contribution in [0.4, 0.5) is 0 Å². The minimum atomic E-state index is 0.935. The van der Waals surface area contributed by atoms with Gasteiger partial charge in [0.25, 0.3) is 0 Å². The first kappa shape index (κ1) is 17.4. The Labute approximate surface area is 185 Å². The van der Waals surface area contributed by atoms with Gasteiger partial charge >= 0.3 is 0 Å². The molecule has 2 heteroatoms. The molecule has 7 rings (SSSR count). The second-order valence-electron chi connectivity index (χ2n) is 8.30. The highest BCUT2D eigenvalue weighted by Crippen LogP contribution is 2.37. The van der Waals surface area contributed by atoms with Gasteiger partial charge in [0, 0.05) is 16.7 Å². The Balaban J connectivity index is 1.39. The van der Waals surface area contributed by atoms with Crippen molar-refractivity contribution in [1.29, 1.82) is 0 Å². The highest BCUT2D eigenvalue weighted by Gasteiger charge is 2.23. The van der Waals surface area contributed by atoms with E-state index in [-0.39, 0.29) is 0 Å². The predicted octanol–water partition coefficient (Wildman–Crippen LogP) is 7.44. The molecule has 0 saturated heterocycles. The lowest BCUT2D eigenvalue weighted by Crippen LogP contribution is -1.97. The van der Waals surface area contributed by atoms with Crippen molar-refractivity contribution in [3.05, 3.63) is 120 Å². The van der Waals surface area contributed by atoms with E-state index >= 15 is 0 Å². The van der Waals surface area contributed by atoms with E-state index in [1.54, 1.807) is 0 Å². The summed E-state index contributed by atoms with van der Waals surface area (Å²) in [6.07, 6.45) is 1.89. The average Bonchev–Trinajstić information content (AvgIpc) is 3.17. The average molecular weight is 406 g/mol. The molecule has 1 aliphatic rings. The van der Waals surface area contributed by atoms with Gasteiger partial charge in [-0.15, -0.1) is 5.10 Å². The van der Waals surface area contributed by atoms with Gasteiger partial charge in [-0.25, -0.2) is 0 Å². The molecule has 148 valence electrons. The standard InChI is InChI=1S/C30H18N2/c1-3-10-26-24(8-1)25-9-2-4-11-27(25)30(26)32-31-18-22-15-14-21-13-12-19-6-5-7-20-16-17-23(22)29(21)28(19)20/h1-18H. The Morgan fingerprint density at radius 3 is 1.72 bits per heavy atom. The lowest BCUT2D eigenvalue weighted by Gasteiger charge is -2.11. The Bertz CT molecular complexity index is 1660. The summed E-state index contributed by atoms with van der Waals surface area (Å²) in [7, 11) is 0. The summed E-state index contributed by atoms with van der Waals surface area (Å²) < 4.78 is 0. The van der Waals surface area contributed by atoms with E-state index in [0.29, 0.717) is 0 Å². The molecule has 0 fully saturated rings. The molecular weight excluding hydrogens is 388 g/mol. The van der Waals surface area contributed by atoms with E-state index in [1.807, 2.05) is 6.21 Å². The Morgan fingerprint density at radius 2 is 1.03 bits per heavy atom. The van der Waals surface area contributed by atoms with Gasteiger partial charge in [0.1, 0.15) is 5.71 Å². The first-order chi connectivity index (χ1) is 15.9. The molecule has 0 saturated carbocycles. The predicted molar refractivity (Wildman–Crippen MR) is 135 cm³/mol. The minimum Gasteiger partial charge on any atom is -0.158 e. The van der Waals surface area contributed by atoms with Crippen LogP contribution in [0, 0.1) is 0 Å². The van der Waals surface area contributed by atoms with Crippen LogP contribution in [0.3, 0.4) is 0 Å². The number of fused-ring (bicyclic) bond motifs is 3. The van der Waals surface area contributed by atoms with Crippen LogP contribution in [-0.4, -0.2) is 11.9 Å². The molecule has 0 atom stereocenters. The molecule has 0 N–H and O–H groups in total. The maximum atomic E-state index is 4.70. The molecule has 32 heavy (non-hydrogen) atoms. The minimum absolute atomic E-state index is 0.935. The van der Waals surface area contributed by atoms with Crippen LogP contribution in [0.1, 0.15) is 16.7 Å². The molecule has 0 heterocycles. The molecule has 6 aromatic carbocycles. The van der Waals surface area contributed by atoms with Gasteiger partial charge in [0.15, 0.2) is 0 Å². The number of benzene rings is 6. The van der Waals surface area contributed by atoms with Crippen molar-refractivity contribution in [2.24, 2.45) is 10.2 Å². The third-order valence-corrected chi connectivity index (χ3v) is 6.57. The van der Waals surface area contributed by atoms with Crippen molar-refractivity contribution >= 4 is 44.2 Å². The third-order valence-electron chi connectivity index (χ3n) is 6.57. The summed E-state index contributed by atoms with van der Waals surface area (Å²) >= 11 is 0. The van der Waals surface area contributed by atoms with Crippen LogP contribution in [0.5, 0.6) is 0 Å². The van der Waals surface area contributed by atoms with Crippen molar-refractivity contribution in [2.75, 3.05) is 0 Å². The monoisotopic (exact) mass is 406 g/mol. The first-order valence-electron chi connectivity index (χ1n) is 10.9. The fraction of sp³-hybridized carbons (Fsp3) is 0. The molecule has 2 nitrogen and oxygen atoms in total. The molecule has 0 radical (unpaired) electrons. The molecule has 0 aliphatic heterocycles. The van der Waals surface area contributed by atoms with Gasteiger partial charge in [-0.05, 0) is 43.4 Å². The zero-order valence-electron chi connectivity index (χ0n) is 17.3. The van der Waals surface area contributed by atoms with E-state index in [0.717, 1.165) is 22.4 Å². The van der Waals surface area contributed by atoms with Crippen LogP contribution in [0.2, 0.25) is 0 Å². The lowest BCUT2D eigenvalue weighted by atomic mass is 9.92. The normalized spacial score (nSPS) is 12.8. The Hall–Kier alpha value is -4.30. The zero-order valence-corrected chi connectivity index (χ0v) is 17.3. The summed E-state index contributed by atoms with van der Waals surface area (Å²) in [6, 6.07) is 36.5. The van der Waals surface area contributed by atoms with Gasteiger partial charge in [-0.1, -0.05) is 103 Å². The van der Waals surface area contributed by atoms with Crippen LogP contribution in [-0.2, 0) is 0 Å². The van der Waals surface area contributed by atoms with Crippen LogP contribution >= 0.6 is 0 Å². The van der Waals surface area contributed by atoms with Crippen molar-refractivity contribution in [2.45, 2.75) is 0 Å². The summed E-state index contributed by atoms with van der Waals surface area (Å²) in [4.78, 5) is 0. The highest BCUT2D eigenvalue weighted by molar-refractivity contribution is 6.26. The van der Waals surface area contributed by atoms with E-state index in [9.17, 15) is 0 Å². The molecule has 0 aromatic heterocycles. The molecule has 6 aromatic rings. The maximum absolute atomic E-state index is 4.70. The van der Waals surface area contributed by atoms with E-state index < -0.39 is 0 Å². The molecule has 1 aliphatic carbocycles. The molecule has 0 unspecified atom stereocenters. The molecule has 0 amide bonds. The quantitative estimate of drug-likeness (QED) is 0.162. The Kier molecular flexibility index (Phi) is 3.58. The largest absolute Gasteiger partial charge is 0.158 e. The lowest BCUT2D eigenvalue weighted by molar-refractivity contribution is 1.25. The summed E-state index contributed by atoms with van der Waals surface area (Å²) in [5.74, 6) is 0. The number of rotatable bonds is 2.